The van der Waals surface area contributed by atoms with E-state index < -0.39 is 18.2 Å². The van der Waals surface area contributed by atoms with Gasteiger partial charge in [-0.1, -0.05) is 28.4 Å². The van der Waals surface area contributed by atoms with Gasteiger partial charge in [-0.2, -0.15) is 4.98 Å². The molecule has 1 aliphatic rings. The Labute approximate surface area is 152 Å². The van der Waals surface area contributed by atoms with E-state index in [9.17, 15) is 9.59 Å². The molecule has 2 heterocycles. The number of primary amides is 1. The van der Waals surface area contributed by atoms with Crippen molar-refractivity contribution in [2.75, 3.05) is 18.0 Å². The highest BCUT2D eigenvalue weighted by molar-refractivity contribution is 6.39. The van der Waals surface area contributed by atoms with E-state index in [1.807, 2.05) is 0 Å². The average molecular weight is 386 g/mol. The minimum atomic E-state index is -0.695. The molecule has 9 nitrogen and oxygen atoms in total. The normalized spacial score (nSPS) is 16.8. The molecule has 25 heavy (non-hydrogen) atoms. The van der Waals surface area contributed by atoms with E-state index in [1.165, 1.54) is 4.90 Å². The van der Waals surface area contributed by atoms with Crippen molar-refractivity contribution >= 4 is 41.0 Å². The zero-order valence-corrected chi connectivity index (χ0v) is 14.5. The van der Waals surface area contributed by atoms with Gasteiger partial charge in [-0.3, -0.25) is 4.90 Å². The Bertz CT molecular complexity index is 817. The molecular formula is C14H13Cl2N5O4. The number of urea groups is 1. The Kier molecular flexibility index (Phi) is 4.69. The van der Waals surface area contributed by atoms with Crippen molar-refractivity contribution in [3.63, 3.8) is 0 Å². The first-order valence-electron chi connectivity index (χ1n) is 7.16. The number of hydrogen-bond donors (Lipinski definition) is 2. The van der Waals surface area contributed by atoms with Crippen molar-refractivity contribution in [1.29, 1.82) is 0 Å². The first-order chi connectivity index (χ1) is 11.8. The zero-order chi connectivity index (χ0) is 18.1. The van der Waals surface area contributed by atoms with Crippen molar-refractivity contribution in [3.8, 4) is 11.5 Å². The molecule has 0 saturated carbocycles. The van der Waals surface area contributed by atoms with Gasteiger partial charge in [0.2, 0.25) is 0 Å². The van der Waals surface area contributed by atoms with Crippen molar-refractivity contribution in [2.45, 2.75) is 13.0 Å². The number of amides is 3. The topological polar surface area (TPSA) is 124 Å². The molecule has 0 aliphatic carbocycles. The van der Waals surface area contributed by atoms with Crippen LogP contribution in [0.5, 0.6) is 0 Å². The van der Waals surface area contributed by atoms with Crippen LogP contribution in [0, 0.1) is 6.92 Å². The van der Waals surface area contributed by atoms with E-state index in [4.69, 9.17) is 38.2 Å². The molecular weight excluding hydrogens is 373 g/mol. The number of nitrogens with two attached hydrogens (primary N) is 1. The summed E-state index contributed by atoms with van der Waals surface area (Å²) in [5.41, 5.74) is 5.83. The van der Waals surface area contributed by atoms with Crippen LogP contribution in [-0.2, 0) is 4.74 Å². The Hall–Kier alpha value is -2.52. The van der Waals surface area contributed by atoms with Gasteiger partial charge in [0.05, 0.1) is 34.4 Å². The number of nitrogens with one attached hydrogen (secondary N) is 1. The second-order valence-corrected chi connectivity index (χ2v) is 6.11. The fourth-order valence-electron chi connectivity index (χ4n) is 2.37. The molecule has 0 spiro atoms. The predicted molar refractivity (Wildman–Crippen MR) is 89.7 cm³/mol. The molecule has 0 radical (unpaired) electrons. The van der Waals surface area contributed by atoms with Gasteiger partial charge < -0.3 is 20.3 Å². The summed E-state index contributed by atoms with van der Waals surface area (Å²) in [7, 11) is 0. The number of hydrogen-bond acceptors (Lipinski definition) is 6. The van der Waals surface area contributed by atoms with Crippen LogP contribution in [0.15, 0.2) is 16.7 Å². The maximum absolute atomic E-state index is 12.0. The van der Waals surface area contributed by atoms with Crippen LogP contribution >= 0.6 is 23.2 Å². The van der Waals surface area contributed by atoms with E-state index in [2.05, 4.69) is 15.5 Å². The Balaban J connectivity index is 1.84. The number of ether oxygens (including phenoxy) is 1. The van der Waals surface area contributed by atoms with Crippen molar-refractivity contribution in [2.24, 2.45) is 5.73 Å². The van der Waals surface area contributed by atoms with Crippen LogP contribution in [0.3, 0.4) is 0 Å². The summed E-state index contributed by atoms with van der Waals surface area (Å²) in [6.45, 7) is 1.99. The number of aryl methyl sites for hydroxylation is 1. The number of benzene rings is 1. The minimum Gasteiger partial charge on any atom is -0.442 e. The highest BCUT2D eigenvalue weighted by Gasteiger charge is 2.33. The maximum atomic E-state index is 12.0. The van der Waals surface area contributed by atoms with E-state index >= 15 is 0 Å². The summed E-state index contributed by atoms with van der Waals surface area (Å²) in [4.78, 5) is 28.2. The fourth-order valence-corrected chi connectivity index (χ4v) is 3.01. The van der Waals surface area contributed by atoms with Crippen LogP contribution < -0.4 is 16.0 Å². The van der Waals surface area contributed by atoms with Gasteiger partial charge in [0.1, 0.15) is 6.10 Å². The lowest BCUT2D eigenvalue weighted by atomic mass is 10.2. The summed E-state index contributed by atoms with van der Waals surface area (Å²) in [5, 5.41) is 6.59. The van der Waals surface area contributed by atoms with E-state index in [0.717, 1.165) is 0 Å². The van der Waals surface area contributed by atoms with Crippen molar-refractivity contribution < 1.29 is 18.8 Å². The van der Waals surface area contributed by atoms with Gasteiger partial charge in [0.15, 0.2) is 5.82 Å². The quantitative estimate of drug-likeness (QED) is 0.831. The molecule has 1 unspecified atom stereocenters. The fraction of sp³-hybridized carbons (Fsp3) is 0.286. The Morgan fingerprint density at radius 3 is 2.68 bits per heavy atom. The second-order valence-electron chi connectivity index (χ2n) is 5.29. The molecule has 1 atom stereocenters. The number of nitrogens with zero attached hydrogens (tertiary/aromatic N) is 3. The zero-order valence-electron chi connectivity index (χ0n) is 13.0. The Morgan fingerprint density at radius 1 is 1.44 bits per heavy atom. The van der Waals surface area contributed by atoms with Crippen molar-refractivity contribution in [1.82, 2.24) is 15.5 Å². The van der Waals surface area contributed by atoms with Gasteiger partial charge in [-0.15, -0.1) is 0 Å². The lowest BCUT2D eigenvalue weighted by Crippen LogP contribution is -2.37. The van der Waals surface area contributed by atoms with Crippen LogP contribution in [-0.4, -0.2) is 41.5 Å². The third kappa shape index (κ3) is 3.62. The number of rotatable bonds is 4. The minimum absolute atomic E-state index is 0.110. The first-order valence-corrected chi connectivity index (χ1v) is 7.92. The number of anilines is 1. The molecule has 1 aromatic carbocycles. The molecule has 3 N–H and O–H groups in total. The first kappa shape index (κ1) is 17.3. The number of aromatic nitrogens is 2. The summed E-state index contributed by atoms with van der Waals surface area (Å²) in [6.07, 6.45) is -1.11. The van der Waals surface area contributed by atoms with Crippen molar-refractivity contribution in [3.05, 3.63) is 28.0 Å². The molecule has 11 heteroatoms. The standard InChI is InChI=1S/C14H13Cl2N5O4/c1-6-19-12(25-20-6)11-9(15)2-7(3-10(11)16)21-5-8(24-14(21)23)4-18-13(17)22/h2-3,8H,4-5H2,1H3,(H3,17,18,22). The number of carbonyl (C=O) groups excluding carboxylic acids is 2. The number of carbonyl (C=O) groups is 2. The highest BCUT2D eigenvalue weighted by atomic mass is 35.5. The van der Waals surface area contributed by atoms with Crippen LogP contribution in [0.2, 0.25) is 10.0 Å². The lowest BCUT2D eigenvalue weighted by Gasteiger charge is -2.15. The molecule has 1 aromatic heterocycles. The van der Waals surface area contributed by atoms with Gasteiger partial charge in [-0.25, -0.2) is 9.59 Å². The molecule has 2 aromatic rings. The average Bonchev–Trinajstić information content (AvgIpc) is 3.10. The predicted octanol–water partition coefficient (Wildman–Crippen LogP) is 2.35. The Morgan fingerprint density at radius 2 is 2.12 bits per heavy atom. The summed E-state index contributed by atoms with van der Waals surface area (Å²) < 4.78 is 10.2. The molecule has 3 rings (SSSR count). The summed E-state index contributed by atoms with van der Waals surface area (Å²) in [6, 6.07) is 2.40. The highest BCUT2D eigenvalue weighted by Crippen LogP contribution is 2.38. The SMILES string of the molecule is Cc1noc(-c2c(Cl)cc(N3CC(CNC(N)=O)OC3=O)cc2Cl)n1. The van der Waals surface area contributed by atoms with Gasteiger partial charge >= 0.3 is 12.1 Å². The smallest absolute Gasteiger partial charge is 0.414 e. The van der Waals surface area contributed by atoms with E-state index in [-0.39, 0.29) is 29.0 Å². The lowest BCUT2D eigenvalue weighted by molar-refractivity contribution is 0.141. The summed E-state index contributed by atoms with van der Waals surface area (Å²) in [5.74, 6) is 0.630. The molecule has 0 bridgehead atoms. The van der Waals surface area contributed by atoms with Gasteiger partial charge in [-0.05, 0) is 19.1 Å². The van der Waals surface area contributed by atoms with Gasteiger partial charge in [0, 0.05) is 0 Å². The molecule has 1 saturated heterocycles. The van der Waals surface area contributed by atoms with E-state index in [0.29, 0.717) is 17.1 Å². The van der Waals surface area contributed by atoms with Crippen LogP contribution in [0.1, 0.15) is 5.82 Å². The van der Waals surface area contributed by atoms with Crippen LogP contribution in [0.4, 0.5) is 15.3 Å². The number of halogens is 2. The molecule has 132 valence electrons. The third-order valence-corrected chi connectivity index (χ3v) is 4.05. The molecule has 3 amide bonds. The van der Waals surface area contributed by atoms with Crippen LogP contribution in [0.25, 0.3) is 11.5 Å². The maximum Gasteiger partial charge on any atom is 0.414 e. The largest absolute Gasteiger partial charge is 0.442 e. The molecule has 1 aliphatic heterocycles. The molecule has 1 fully saturated rings. The van der Waals surface area contributed by atoms with Gasteiger partial charge in [0.25, 0.3) is 5.89 Å². The number of cyclic esters (lactones) is 1. The third-order valence-electron chi connectivity index (χ3n) is 3.46. The second kappa shape index (κ2) is 6.77. The summed E-state index contributed by atoms with van der Waals surface area (Å²) >= 11 is 12.6. The monoisotopic (exact) mass is 385 g/mol. The van der Waals surface area contributed by atoms with E-state index in [1.54, 1.807) is 19.1 Å².